The van der Waals surface area contributed by atoms with Crippen molar-refractivity contribution in [2.75, 3.05) is 24.7 Å². The summed E-state index contributed by atoms with van der Waals surface area (Å²) < 4.78 is 7.34. The van der Waals surface area contributed by atoms with Crippen LogP contribution in [0.5, 0.6) is 5.75 Å². The number of benzene rings is 2. The topological polar surface area (TPSA) is 102 Å². The second-order valence-corrected chi connectivity index (χ2v) is 7.20. The van der Waals surface area contributed by atoms with Crippen LogP contribution in [0.15, 0.2) is 42.7 Å². The Morgan fingerprint density at radius 1 is 1.18 bits per heavy atom. The monoisotopic (exact) mass is 393 g/mol. The molecule has 0 bridgehead atoms. The van der Waals surface area contributed by atoms with E-state index in [1.165, 1.54) is 6.33 Å². The maximum absolute atomic E-state index is 11.9. The Hall–Kier alpha value is -3.39. The van der Waals surface area contributed by atoms with Gasteiger partial charge >= 0.3 is 6.03 Å². The number of urea groups is 1. The largest absolute Gasteiger partial charge is 0.495 e. The molecule has 2 amide bonds. The van der Waals surface area contributed by atoms with E-state index in [1.54, 1.807) is 18.4 Å². The fraction of sp³-hybridized carbons (Fsp3) is 0.150. The molecule has 8 heteroatoms. The van der Waals surface area contributed by atoms with E-state index < -0.39 is 0 Å². The first-order valence-electron chi connectivity index (χ1n) is 8.76. The highest BCUT2D eigenvalue weighted by Gasteiger charge is 2.12. The molecule has 4 rings (SSSR count). The number of rotatable bonds is 4. The lowest BCUT2D eigenvalue weighted by Crippen LogP contribution is -2.28. The molecule has 0 fully saturated rings. The number of nitrogens with two attached hydrogens (primary N) is 1. The van der Waals surface area contributed by atoms with Crippen LogP contribution in [0, 0.1) is 0 Å². The third kappa shape index (κ3) is 3.18. The third-order valence-electron chi connectivity index (χ3n) is 4.40. The number of amides is 2. The molecule has 7 nitrogen and oxygen atoms in total. The number of ether oxygens (including phenoxy) is 1. The van der Waals surface area contributed by atoms with Gasteiger partial charge in [0.2, 0.25) is 0 Å². The molecule has 0 saturated heterocycles. The van der Waals surface area contributed by atoms with Gasteiger partial charge in [-0.05, 0) is 36.2 Å². The van der Waals surface area contributed by atoms with Crippen molar-refractivity contribution >= 4 is 49.2 Å². The lowest BCUT2D eigenvalue weighted by molar-refractivity contribution is 0.252. The highest BCUT2D eigenvalue weighted by atomic mass is 32.1. The Morgan fingerprint density at radius 2 is 1.96 bits per heavy atom. The molecule has 2 heterocycles. The zero-order valence-corrected chi connectivity index (χ0v) is 16.3. The van der Waals surface area contributed by atoms with Crippen molar-refractivity contribution in [3.05, 3.63) is 42.7 Å². The summed E-state index contributed by atoms with van der Waals surface area (Å²) in [6, 6.07) is 11.6. The molecule has 4 N–H and O–H groups in total. The second kappa shape index (κ2) is 7.32. The number of carbonyl (C=O) groups is 1. The van der Waals surface area contributed by atoms with Gasteiger partial charge in [0, 0.05) is 16.6 Å². The number of hydrogen-bond acceptors (Lipinski definition) is 6. The fourth-order valence-electron chi connectivity index (χ4n) is 3.08. The van der Waals surface area contributed by atoms with Crippen LogP contribution in [0.25, 0.3) is 31.4 Å². The number of methoxy groups -OCH3 is 1. The van der Waals surface area contributed by atoms with Crippen LogP contribution in [-0.4, -0.2) is 29.7 Å². The highest BCUT2D eigenvalue weighted by molar-refractivity contribution is 7.26. The third-order valence-corrected chi connectivity index (χ3v) is 5.56. The van der Waals surface area contributed by atoms with Crippen molar-refractivity contribution in [1.29, 1.82) is 0 Å². The number of hydrogen-bond donors (Lipinski definition) is 3. The summed E-state index contributed by atoms with van der Waals surface area (Å²) in [4.78, 5) is 20.4. The quantitative estimate of drug-likeness (QED) is 0.481. The number of nitrogen functional groups attached to an aromatic ring is 1. The Morgan fingerprint density at radius 3 is 2.75 bits per heavy atom. The Bertz CT molecular complexity index is 1190. The average Bonchev–Trinajstić information content (AvgIpc) is 3.07. The summed E-state index contributed by atoms with van der Waals surface area (Å²) in [5.41, 5.74) is 9.45. The van der Waals surface area contributed by atoms with Crippen LogP contribution >= 0.6 is 11.3 Å². The van der Waals surface area contributed by atoms with Crippen LogP contribution in [-0.2, 0) is 0 Å². The van der Waals surface area contributed by atoms with Gasteiger partial charge in [-0.3, -0.25) is 0 Å². The minimum atomic E-state index is -0.271. The Balaban J connectivity index is 1.77. The average molecular weight is 393 g/mol. The maximum Gasteiger partial charge on any atom is 0.319 e. The van der Waals surface area contributed by atoms with Crippen molar-refractivity contribution in [2.24, 2.45) is 0 Å². The number of anilines is 2. The number of carbonyl (C=O) groups excluding carboxylic acids is 1. The molecule has 0 unspecified atom stereocenters. The van der Waals surface area contributed by atoms with E-state index in [9.17, 15) is 4.79 Å². The molecular formula is C20H19N5O2S. The first kappa shape index (κ1) is 18.0. The smallest absolute Gasteiger partial charge is 0.319 e. The number of thiophene rings is 1. The van der Waals surface area contributed by atoms with Crippen LogP contribution in [0.1, 0.15) is 6.92 Å². The van der Waals surface area contributed by atoms with Crippen molar-refractivity contribution < 1.29 is 9.53 Å². The van der Waals surface area contributed by atoms with E-state index >= 15 is 0 Å². The molecule has 0 radical (unpaired) electrons. The van der Waals surface area contributed by atoms with Gasteiger partial charge < -0.3 is 21.1 Å². The molecule has 0 spiro atoms. The summed E-state index contributed by atoms with van der Waals surface area (Å²) >= 11 is 1.57. The van der Waals surface area contributed by atoms with E-state index in [4.69, 9.17) is 10.5 Å². The fourth-order valence-corrected chi connectivity index (χ4v) is 4.18. The molecule has 0 aliphatic heterocycles. The number of nitrogens with zero attached hydrogens (tertiary/aromatic N) is 2. The first-order valence-corrected chi connectivity index (χ1v) is 9.58. The zero-order valence-electron chi connectivity index (χ0n) is 15.4. The summed E-state index contributed by atoms with van der Waals surface area (Å²) in [5, 5.41) is 6.60. The van der Waals surface area contributed by atoms with Crippen LogP contribution in [0.3, 0.4) is 0 Å². The molecule has 2 aromatic heterocycles. The number of fused-ring (bicyclic) bond motifs is 3. The van der Waals surface area contributed by atoms with E-state index in [1.807, 2.05) is 37.3 Å². The minimum absolute atomic E-state index is 0.271. The molecule has 0 aliphatic rings. The summed E-state index contributed by atoms with van der Waals surface area (Å²) in [7, 11) is 1.58. The van der Waals surface area contributed by atoms with E-state index in [0.29, 0.717) is 23.8 Å². The highest BCUT2D eigenvalue weighted by Crippen LogP contribution is 2.38. The Labute approximate surface area is 165 Å². The molecule has 0 atom stereocenters. The molecule has 4 aromatic rings. The second-order valence-electron chi connectivity index (χ2n) is 6.15. The Kier molecular flexibility index (Phi) is 4.70. The van der Waals surface area contributed by atoms with Gasteiger partial charge in [-0.1, -0.05) is 18.2 Å². The summed E-state index contributed by atoms with van der Waals surface area (Å²) in [6.07, 6.45) is 1.49. The minimum Gasteiger partial charge on any atom is -0.495 e. The molecule has 0 saturated carbocycles. The maximum atomic E-state index is 11.9. The molecule has 0 aliphatic carbocycles. The predicted molar refractivity (Wildman–Crippen MR) is 114 cm³/mol. The normalized spacial score (nSPS) is 10.9. The first-order chi connectivity index (χ1) is 13.6. The van der Waals surface area contributed by atoms with Gasteiger partial charge in [0.05, 0.1) is 23.0 Å². The van der Waals surface area contributed by atoms with Gasteiger partial charge in [-0.2, -0.15) is 0 Å². The van der Waals surface area contributed by atoms with Crippen LogP contribution < -0.4 is 21.1 Å². The van der Waals surface area contributed by atoms with Gasteiger partial charge in [-0.15, -0.1) is 11.3 Å². The standard InChI is InChI=1S/C20H19N5O2S/c1-3-22-20(26)25-14-8-11(5-7-15(14)27-2)12-4-6-13-16(9-12)28-18-17(13)23-10-24-19(18)21/h4-10H,3H2,1-2H3,(H2,21,23,24)(H2,22,25,26). The molecular weight excluding hydrogens is 374 g/mol. The van der Waals surface area contributed by atoms with Crippen molar-refractivity contribution in [3.63, 3.8) is 0 Å². The van der Waals surface area contributed by atoms with E-state index in [2.05, 4.69) is 26.7 Å². The molecule has 2 aromatic carbocycles. The van der Waals surface area contributed by atoms with Crippen molar-refractivity contribution in [2.45, 2.75) is 6.92 Å². The summed E-state index contributed by atoms with van der Waals surface area (Å²) in [6.45, 7) is 2.41. The van der Waals surface area contributed by atoms with Crippen molar-refractivity contribution in [3.8, 4) is 16.9 Å². The lowest BCUT2D eigenvalue weighted by Gasteiger charge is -2.12. The van der Waals surface area contributed by atoms with E-state index in [0.717, 1.165) is 31.4 Å². The molecule has 142 valence electrons. The van der Waals surface area contributed by atoms with Gasteiger partial charge in [0.15, 0.2) is 0 Å². The SMILES string of the molecule is CCNC(=O)Nc1cc(-c2ccc3c(c2)sc2c(N)ncnc23)ccc1OC. The number of aromatic nitrogens is 2. The van der Waals surface area contributed by atoms with Gasteiger partial charge in [0.1, 0.15) is 17.9 Å². The lowest BCUT2D eigenvalue weighted by atomic mass is 10.0. The molecule has 28 heavy (non-hydrogen) atoms. The zero-order chi connectivity index (χ0) is 19.7. The summed E-state index contributed by atoms with van der Waals surface area (Å²) in [5.74, 6) is 1.09. The predicted octanol–water partition coefficient (Wildman–Crippen LogP) is 4.24. The van der Waals surface area contributed by atoms with Gasteiger partial charge in [-0.25, -0.2) is 14.8 Å². The van der Waals surface area contributed by atoms with Crippen LogP contribution in [0.4, 0.5) is 16.3 Å². The van der Waals surface area contributed by atoms with E-state index in [-0.39, 0.29) is 6.03 Å². The van der Waals surface area contributed by atoms with Gasteiger partial charge in [0.25, 0.3) is 0 Å². The van der Waals surface area contributed by atoms with Crippen LogP contribution in [0.2, 0.25) is 0 Å². The van der Waals surface area contributed by atoms with Crippen molar-refractivity contribution in [1.82, 2.24) is 15.3 Å². The number of nitrogens with one attached hydrogen (secondary N) is 2.